The molecule has 0 saturated heterocycles. The highest BCUT2D eigenvalue weighted by molar-refractivity contribution is 6.30. The van der Waals surface area contributed by atoms with Crippen molar-refractivity contribution in [1.82, 2.24) is 39.7 Å². The average Bonchev–Trinajstić information content (AvgIpc) is 3.38. The van der Waals surface area contributed by atoms with E-state index in [1.165, 1.54) is 15.6 Å². The van der Waals surface area contributed by atoms with Gasteiger partial charge in [0.1, 0.15) is 18.6 Å². The van der Waals surface area contributed by atoms with Crippen molar-refractivity contribution in [3.05, 3.63) is 76.3 Å². The van der Waals surface area contributed by atoms with Gasteiger partial charge in [0.25, 0.3) is 5.56 Å². The van der Waals surface area contributed by atoms with E-state index in [1.807, 2.05) is 6.07 Å². The molecule has 4 aromatic heterocycles. The summed E-state index contributed by atoms with van der Waals surface area (Å²) in [5, 5.41) is 12.4. The maximum atomic E-state index is 12.8. The summed E-state index contributed by atoms with van der Waals surface area (Å²) in [5.41, 5.74) is 1.31. The number of fused-ring (bicyclic) bond motifs is 1. The van der Waals surface area contributed by atoms with Crippen molar-refractivity contribution >= 4 is 22.8 Å². The van der Waals surface area contributed by atoms with Crippen molar-refractivity contribution < 1.29 is 4.52 Å². The standard InChI is InChI=1S/C18H11ClN8O2/c19-11-4-3-5-12(8-11)27-17-15(23-25-27)18(28)26(10-21-17)9-14-22-16(24-29-14)13-6-1-2-7-20-13/h1-8,10H,9H2. The van der Waals surface area contributed by atoms with Crippen LogP contribution in [0.4, 0.5) is 0 Å². The molecule has 0 aliphatic rings. The SMILES string of the molecule is O=c1c2nnn(-c3cccc(Cl)c3)c2ncn1Cc1nc(-c2ccccn2)no1. The van der Waals surface area contributed by atoms with Gasteiger partial charge in [-0.15, -0.1) is 5.10 Å². The lowest BCUT2D eigenvalue weighted by molar-refractivity contribution is 0.369. The molecule has 0 aliphatic carbocycles. The number of hydrogen-bond donors (Lipinski definition) is 0. The second-order valence-electron chi connectivity index (χ2n) is 6.06. The molecule has 0 N–H and O–H groups in total. The second-order valence-corrected chi connectivity index (χ2v) is 6.49. The van der Waals surface area contributed by atoms with E-state index in [9.17, 15) is 4.79 Å². The molecule has 5 aromatic rings. The molecule has 0 bridgehead atoms. The van der Waals surface area contributed by atoms with Gasteiger partial charge in [-0.1, -0.05) is 34.1 Å². The van der Waals surface area contributed by atoms with E-state index in [4.69, 9.17) is 16.1 Å². The fraction of sp³-hybridized carbons (Fsp3) is 0.0556. The van der Waals surface area contributed by atoms with Gasteiger partial charge in [-0.25, -0.2) is 4.98 Å². The van der Waals surface area contributed by atoms with Crippen LogP contribution in [0.3, 0.4) is 0 Å². The highest BCUT2D eigenvalue weighted by atomic mass is 35.5. The van der Waals surface area contributed by atoms with Crippen LogP contribution in [0.2, 0.25) is 5.02 Å². The van der Waals surface area contributed by atoms with Gasteiger partial charge in [-0.2, -0.15) is 9.67 Å². The zero-order valence-electron chi connectivity index (χ0n) is 14.7. The molecule has 0 saturated carbocycles. The van der Waals surface area contributed by atoms with E-state index < -0.39 is 0 Å². The average molecular weight is 407 g/mol. The molecule has 1 aromatic carbocycles. The maximum Gasteiger partial charge on any atom is 0.284 e. The normalized spacial score (nSPS) is 11.2. The summed E-state index contributed by atoms with van der Waals surface area (Å²) in [5.74, 6) is 0.589. The summed E-state index contributed by atoms with van der Waals surface area (Å²) in [6, 6.07) is 12.4. The predicted octanol–water partition coefficient (Wildman–Crippen LogP) is 2.12. The van der Waals surface area contributed by atoms with Crippen LogP contribution in [0.25, 0.3) is 28.4 Å². The third-order valence-corrected chi connectivity index (χ3v) is 4.38. The van der Waals surface area contributed by atoms with E-state index in [0.717, 1.165) is 0 Å². The van der Waals surface area contributed by atoms with Crippen molar-refractivity contribution in [2.45, 2.75) is 6.54 Å². The van der Waals surface area contributed by atoms with Gasteiger partial charge in [-0.3, -0.25) is 14.3 Å². The molecule has 29 heavy (non-hydrogen) atoms. The van der Waals surface area contributed by atoms with Crippen molar-refractivity contribution in [3.63, 3.8) is 0 Å². The highest BCUT2D eigenvalue weighted by Crippen LogP contribution is 2.17. The summed E-state index contributed by atoms with van der Waals surface area (Å²) in [4.78, 5) is 25.6. The molecule has 0 radical (unpaired) electrons. The van der Waals surface area contributed by atoms with Crippen molar-refractivity contribution in [2.75, 3.05) is 0 Å². The van der Waals surface area contributed by atoms with Gasteiger partial charge in [-0.05, 0) is 30.3 Å². The summed E-state index contributed by atoms with van der Waals surface area (Å²) in [6.45, 7) is 0.0473. The van der Waals surface area contributed by atoms with Gasteiger partial charge < -0.3 is 4.52 Å². The van der Waals surface area contributed by atoms with Gasteiger partial charge >= 0.3 is 0 Å². The minimum absolute atomic E-state index is 0.0473. The molecule has 5 rings (SSSR count). The lowest BCUT2D eigenvalue weighted by atomic mass is 10.3. The zero-order valence-corrected chi connectivity index (χ0v) is 15.4. The minimum atomic E-state index is -0.374. The number of rotatable bonds is 4. The first-order valence-electron chi connectivity index (χ1n) is 8.50. The predicted molar refractivity (Wildman–Crippen MR) is 103 cm³/mol. The van der Waals surface area contributed by atoms with Crippen LogP contribution < -0.4 is 5.56 Å². The Morgan fingerprint density at radius 1 is 1.10 bits per heavy atom. The Morgan fingerprint density at radius 2 is 2.03 bits per heavy atom. The van der Waals surface area contributed by atoms with E-state index in [1.54, 1.807) is 42.6 Å². The van der Waals surface area contributed by atoms with Gasteiger partial charge in [0.2, 0.25) is 11.7 Å². The topological polar surface area (TPSA) is 117 Å². The number of benzene rings is 1. The van der Waals surface area contributed by atoms with Crippen LogP contribution in [0, 0.1) is 0 Å². The summed E-state index contributed by atoms with van der Waals surface area (Å²) < 4.78 is 8.02. The van der Waals surface area contributed by atoms with Crippen LogP contribution in [-0.2, 0) is 6.54 Å². The van der Waals surface area contributed by atoms with E-state index >= 15 is 0 Å². The Hall–Kier alpha value is -3.92. The molecule has 0 unspecified atom stereocenters. The second kappa shape index (κ2) is 6.91. The zero-order chi connectivity index (χ0) is 19.8. The van der Waals surface area contributed by atoms with E-state index in [0.29, 0.717) is 27.9 Å². The summed E-state index contributed by atoms with van der Waals surface area (Å²) in [7, 11) is 0. The molecule has 0 aliphatic heterocycles. The van der Waals surface area contributed by atoms with Crippen LogP contribution in [0.15, 0.2) is 64.3 Å². The first-order chi connectivity index (χ1) is 14.2. The lowest BCUT2D eigenvalue weighted by Gasteiger charge is -2.03. The Labute approximate surface area is 167 Å². The molecule has 4 heterocycles. The van der Waals surface area contributed by atoms with Crippen molar-refractivity contribution in [1.29, 1.82) is 0 Å². The molecule has 10 nitrogen and oxygen atoms in total. The lowest BCUT2D eigenvalue weighted by Crippen LogP contribution is -2.21. The Balaban J connectivity index is 1.49. The molecule has 142 valence electrons. The number of halogens is 1. The largest absolute Gasteiger partial charge is 0.337 e. The fourth-order valence-corrected chi connectivity index (χ4v) is 2.99. The molecule has 0 spiro atoms. The van der Waals surface area contributed by atoms with Crippen LogP contribution in [0.1, 0.15) is 5.89 Å². The Bertz CT molecular complexity index is 1380. The van der Waals surface area contributed by atoms with Gasteiger partial charge in [0, 0.05) is 11.2 Å². The number of pyridine rings is 1. The smallest absolute Gasteiger partial charge is 0.284 e. The van der Waals surface area contributed by atoms with E-state index in [-0.39, 0.29) is 23.5 Å². The number of aromatic nitrogens is 8. The van der Waals surface area contributed by atoms with Crippen LogP contribution in [-0.4, -0.2) is 39.7 Å². The maximum absolute atomic E-state index is 12.8. The molecular weight excluding hydrogens is 396 g/mol. The summed E-state index contributed by atoms with van der Waals surface area (Å²) in [6.07, 6.45) is 3.02. The minimum Gasteiger partial charge on any atom is -0.337 e. The van der Waals surface area contributed by atoms with Gasteiger partial charge in [0.05, 0.1) is 5.69 Å². The Kier molecular flexibility index (Phi) is 4.10. The molecule has 11 heteroatoms. The summed E-state index contributed by atoms with van der Waals surface area (Å²) >= 11 is 6.03. The third kappa shape index (κ3) is 3.15. The molecule has 0 fully saturated rings. The first kappa shape index (κ1) is 17.2. The third-order valence-electron chi connectivity index (χ3n) is 4.15. The fourth-order valence-electron chi connectivity index (χ4n) is 2.80. The van der Waals surface area contributed by atoms with Crippen LogP contribution >= 0.6 is 11.6 Å². The van der Waals surface area contributed by atoms with Crippen molar-refractivity contribution in [3.8, 4) is 17.2 Å². The Morgan fingerprint density at radius 3 is 2.86 bits per heavy atom. The first-order valence-corrected chi connectivity index (χ1v) is 8.87. The van der Waals surface area contributed by atoms with Gasteiger partial charge in [0.15, 0.2) is 11.2 Å². The highest BCUT2D eigenvalue weighted by Gasteiger charge is 2.16. The van der Waals surface area contributed by atoms with Crippen LogP contribution in [0.5, 0.6) is 0 Å². The quantitative estimate of drug-likeness (QED) is 0.445. The molecule has 0 amide bonds. The number of hydrogen-bond acceptors (Lipinski definition) is 8. The molecule has 0 atom stereocenters. The molecular formula is C18H11ClN8O2. The number of nitrogens with zero attached hydrogens (tertiary/aromatic N) is 8. The monoisotopic (exact) mass is 406 g/mol. The van der Waals surface area contributed by atoms with Crippen molar-refractivity contribution in [2.24, 2.45) is 0 Å². The van der Waals surface area contributed by atoms with E-state index in [2.05, 4.69) is 30.4 Å².